The van der Waals surface area contributed by atoms with Crippen LogP contribution in [0.15, 0.2) is 6.20 Å². The van der Waals surface area contributed by atoms with Crippen molar-refractivity contribution in [3.8, 4) is 0 Å². The molecule has 12 heavy (non-hydrogen) atoms. The lowest BCUT2D eigenvalue weighted by molar-refractivity contribution is 0.103. The summed E-state index contributed by atoms with van der Waals surface area (Å²) in [5, 5.41) is 0. The Balaban J connectivity index is 1.88. The number of hydrogen-bond acceptors (Lipinski definition) is 2. The second kappa shape index (κ2) is 2.90. The Labute approximate surface area is 72.8 Å². The van der Waals surface area contributed by atoms with Crippen molar-refractivity contribution in [3.63, 3.8) is 0 Å². The third-order valence-electron chi connectivity index (χ3n) is 2.29. The third-order valence-corrected chi connectivity index (χ3v) is 2.29. The number of aryl methyl sites for hydroxylation is 1. The second-order valence-electron chi connectivity index (χ2n) is 3.79. The molecule has 0 radical (unpaired) electrons. The van der Waals surface area contributed by atoms with Crippen LogP contribution in [0.25, 0.3) is 0 Å². The SMILES string of the molecule is Cc1ncc(CN2CC(C)C2)[nH]1. The van der Waals surface area contributed by atoms with Crippen LogP contribution in [0.1, 0.15) is 18.4 Å². The molecule has 0 aromatic carbocycles. The first kappa shape index (κ1) is 7.80. The Kier molecular flexibility index (Phi) is 1.89. The van der Waals surface area contributed by atoms with E-state index in [2.05, 4.69) is 21.8 Å². The molecule has 1 aliphatic rings. The first-order valence-electron chi connectivity index (χ1n) is 4.47. The average Bonchev–Trinajstić information content (AvgIpc) is 2.33. The van der Waals surface area contributed by atoms with Gasteiger partial charge in [-0.1, -0.05) is 6.92 Å². The van der Waals surface area contributed by atoms with Gasteiger partial charge in [0.25, 0.3) is 0 Å². The number of rotatable bonds is 2. The van der Waals surface area contributed by atoms with Gasteiger partial charge in [-0.05, 0) is 12.8 Å². The van der Waals surface area contributed by atoms with E-state index in [-0.39, 0.29) is 0 Å². The van der Waals surface area contributed by atoms with Crippen molar-refractivity contribution >= 4 is 0 Å². The molecule has 1 aromatic rings. The van der Waals surface area contributed by atoms with Crippen LogP contribution in [-0.4, -0.2) is 28.0 Å². The molecule has 2 rings (SSSR count). The summed E-state index contributed by atoms with van der Waals surface area (Å²) >= 11 is 0. The molecule has 1 fully saturated rings. The number of aromatic nitrogens is 2. The highest BCUT2D eigenvalue weighted by atomic mass is 15.2. The molecular formula is C9H15N3. The van der Waals surface area contributed by atoms with Crippen molar-refractivity contribution in [1.29, 1.82) is 0 Å². The van der Waals surface area contributed by atoms with Gasteiger partial charge in [0.1, 0.15) is 5.82 Å². The zero-order chi connectivity index (χ0) is 8.55. The zero-order valence-electron chi connectivity index (χ0n) is 7.67. The normalized spacial score (nSPS) is 19.5. The summed E-state index contributed by atoms with van der Waals surface area (Å²) in [6.07, 6.45) is 1.93. The molecule has 0 unspecified atom stereocenters. The standard InChI is InChI=1S/C9H15N3/c1-7-4-12(5-7)6-9-3-10-8(2)11-9/h3,7H,4-6H2,1-2H3,(H,10,11). The predicted molar refractivity (Wildman–Crippen MR) is 47.8 cm³/mol. The minimum absolute atomic E-state index is 0.883. The molecular weight excluding hydrogens is 150 g/mol. The van der Waals surface area contributed by atoms with Crippen LogP contribution in [-0.2, 0) is 6.54 Å². The molecule has 0 atom stereocenters. The highest BCUT2D eigenvalue weighted by Crippen LogP contribution is 2.16. The number of aromatic amines is 1. The average molecular weight is 165 g/mol. The van der Waals surface area contributed by atoms with E-state index in [0.717, 1.165) is 18.3 Å². The number of hydrogen-bond donors (Lipinski definition) is 1. The van der Waals surface area contributed by atoms with E-state index in [1.165, 1.54) is 18.8 Å². The lowest BCUT2D eigenvalue weighted by Gasteiger charge is -2.36. The summed E-state index contributed by atoms with van der Waals surface area (Å²) in [6, 6.07) is 0. The molecule has 1 aromatic heterocycles. The molecule has 0 saturated carbocycles. The summed E-state index contributed by atoms with van der Waals surface area (Å²) in [7, 11) is 0. The molecule has 0 spiro atoms. The Morgan fingerprint density at radius 1 is 1.67 bits per heavy atom. The quantitative estimate of drug-likeness (QED) is 0.713. The summed E-state index contributed by atoms with van der Waals surface area (Å²) in [5.41, 5.74) is 1.24. The monoisotopic (exact) mass is 165 g/mol. The van der Waals surface area contributed by atoms with E-state index in [1.807, 2.05) is 13.1 Å². The van der Waals surface area contributed by atoms with E-state index >= 15 is 0 Å². The minimum atomic E-state index is 0.883. The summed E-state index contributed by atoms with van der Waals surface area (Å²) in [4.78, 5) is 9.83. The van der Waals surface area contributed by atoms with E-state index in [1.54, 1.807) is 0 Å². The number of likely N-dealkylation sites (tertiary alicyclic amines) is 1. The fourth-order valence-corrected chi connectivity index (χ4v) is 1.75. The molecule has 3 heteroatoms. The summed E-state index contributed by atoms with van der Waals surface area (Å²) in [5.74, 6) is 1.90. The molecule has 1 N–H and O–H groups in total. The minimum Gasteiger partial charge on any atom is -0.345 e. The maximum Gasteiger partial charge on any atom is 0.103 e. The Morgan fingerprint density at radius 2 is 2.42 bits per heavy atom. The van der Waals surface area contributed by atoms with Crippen molar-refractivity contribution in [3.05, 3.63) is 17.7 Å². The van der Waals surface area contributed by atoms with Gasteiger partial charge in [-0.2, -0.15) is 0 Å². The van der Waals surface area contributed by atoms with Crippen LogP contribution in [0.2, 0.25) is 0 Å². The highest BCUT2D eigenvalue weighted by molar-refractivity contribution is 5.00. The van der Waals surface area contributed by atoms with Gasteiger partial charge in [0.2, 0.25) is 0 Å². The molecule has 0 bridgehead atoms. The fourth-order valence-electron chi connectivity index (χ4n) is 1.75. The van der Waals surface area contributed by atoms with Crippen molar-refractivity contribution in [1.82, 2.24) is 14.9 Å². The van der Waals surface area contributed by atoms with Gasteiger partial charge in [0.15, 0.2) is 0 Å². The maximum absolute atomic E-state index is 4.16. The van der Waals surface area contributed by atoms with Gasteiger partial charge in [0, 0.05) is 31.5 Å². The highest BCUT2D eigenvalue weighted by Gasteiger charge is 2.22. The van der Waals surface area contributed by atoms with Gasteiger partial charge >= 0.3 is 0 Å². The van der Waals surface area contributed by atoms with Crippen molar-refractivity contribution in [2.75, 3.05) is 13.1 Å². The van der Waals surface area contributed by atoms with Crippen LogP contribution < -0.4 is 0 Å². The number of imidazole rings is 1. The molecule has 0 aliphatic carbocycles. The van der Waals surface area contributed by atoms with Crippen LogP contribution in [0, 0.1) is 12.8 Å². The van der Waals surface area contributed by atoms with Crippen LogP contribution >= 0.6 is 0 Å². The first-order valence-corrected chi connectivity index (χ1v) is 4.47. The molecule has 66 valence electrons. The fraction of sp³-hybridized carbons (Fsp3) is 0.667. The zero-order valence-corrected chi connectivity index (χ0v) is 7.67. The van der Waals surface area contributed by atoms with Gasteiger partial charge in [-0.25, -0.2) is 4.98 Å². The molecule has 2 heterocycles. The van der Waals surface area contributed by atoms with Crippen molar-refractivity contribution < 1.29 is 0 Å². The Hall–Kier alpha value is -0.830. The van der Waals surface area contributed by atoms with Crippen LogP contribution in [0.3, 0.4) is 0 Å². The maximum atomic E-state index is 4.16. The molecule has 1 saturated heterocycles. The summed E-state index contributed by atoms with van der Waals surface area (Å²) in [6.45, 7) is 7.78. The number of nitrogens with zero attached hydrogens (tertiary/aromatic N) is 2. The van der Waals surface area contributed by atoms with E-state index in [0.29, 0.717) is 0 Å². The van der Waals surface area contributed by atoms with Crippen molar-refractivity contribution in [2.24, 2.45) is 5.92 Å². The molecule has 1 aliphatic heterocycles. The number of H-pyrrole nitrogens is 1. The van der Waals surface area contributed by atoms with E-state index in [4.69, 9.17) is 0 Å². The molecule has 3 nitrogen and oxygen atoms in total. The van der Waals surface area contributed by atoms with Gasteiger partial charge < -0.3 is 4.98 Å². The third kappa shape index (κ3) is 1.50. The van der Waals surface area contributed by atoms with Crippen LogP contribution in [0.4, 0.5) is 0 Å². The largest absolute Gasteiger partial charge is 0.345 e. The topological polar surface area (TPSA) is 31.9 Å². The predicted octanol–water partition coefficient (Wildman–Crippen LogP) is 1.17. The lowest BCUT2D eigenvalue weighted by atomic mass is 10.0. The van der Waals surface area contributed by atoms with Crippen molar-refractivity contribution in [2.45, 2.75) is 20.4 Å². The smallest absolute Gasteiger partial charge is 0.103 e. The lowest BCUT2D eigenvalue weighted by Crippen LogP contribution is -2.44. The Bertz CT molecular complexity index is 260. The van der Waals surface area contributed by atoms with Gasteiger partial charge in [-0.3, -0.25) is 4.90 Å². The van der Waals surface area contributed by atoms with E-state index in [9.17, 15) is 0 Å². The molecule has 0 amide bonds. The summed E-state index contributed by atoms with van der Waals surface area (Å²) < 4.78 is 0. The van der Waals surface area contributed by atoms with Crippen LogP contribution in [0.5, 0.6) is 0 Å². The van der Waals surface area contributed by atoms with Gasteiger partial charge in [-0.15, -0.1) is 0 Å². The van der Waals surface area contributed by atoms with Gasteiger partial charge in [0.05, 0.1) is 0 Å². The Morgan fingerprint density at radius 3 is 2.92 bits per heavy atom. The number of nitrogens with one attached hydrogen (secondary N) is 1. The van der Waals surface area contributed by atoms with E-state index < -0.39 is 0 Å². The first-order chi connectivity index (χ1) is 5.74. The second-order valence-corrected chi connectivity index (χ2v) is 3.79.